The second kappa shape index (κ2) is 8.10. The number of benzene rings is 1. The number of likely N-dealkylation sites (N-methyl/N-ethyl adjacent to an activating group) is 1. The summed E-state index contributed by atoms with van der Waals surface area (Å²) in [6.45, 7) is 6.27. The van der Waals surface area contributed by atoms with Crippen LogP contribution in [0.4, 0.5) is 4.39 Å². The molecule has 1 fully saturated rings. The van der Waals surface area contributed by atoms with Crippen molar-refractivity contribution < 1.29 is 13.9 Å². The van der Waals surface area contributed by atoms with Crippen molar-refractivity contribution in [2.24, 2.45) is 5.92 Å². The van der Waals surface area contributed by atoms with Gasteiger partial charge in [0, 0.05) is 19.7 Å². The predicted octanol–water partition coefficient (Wildman–Crippen LogP) is 1.80. The van der Waals surface area contributed by atoms with Gasteiger partial charge in [-0.05, 0) is 36.6 Å². The van der Waals surface area contributed by atoms with Crippen LogP contribution in [-0.2, 0) is 16.1 Å². The highest BCUT2D eigenvalue weighted by Crippen LogP contribution is 2.13. The lowest BCUT2D eigenvalue weighted by Crippen LogP contribution is -2.39. The van der Waals surface area contributed by atoms with Crippen LogP contribution in [0.5, 0.6) is 0 Å². The van der Waals surface area contributed by atoms with Crippen LogP contribution in [0.3, 0.4) is 0 Å². The fourth-order valence-corrected chi connectivity index (χ4v) is 2.46. The lowest BCUT2D eigenvalue weighted by atomic mass is 10.1. The molecule has 1 aromatic rings. The Balaban J connectivity index is 1.72. The van der Waals surface area contributed by atoms with E-state index < -0.39 is 0 Å². The molecule has 0 unspecified atom stereocenters. The molecule has 1 atom stereocenters. The molecule has 21 heavy (non-hydrogen) atoms. The Kier molecular flexibility index (Phi) is 6.14. The Morgan fingerprint density at radius 1 is 1.43 bits per heavy atom. The molecule has 1 heterocycles. The van der Waals surface area contributed by atoms with Gasteiger partial charge in [0.05, 0.1) is 13.2 Å². The normalized spacial score (nSPS) is 18.1. The molecule has 0 bridgehead atoms. The lowest BCUT2D eigenvalue weighted by Gasteiger charge is -2.22. The fourth-order valence-electron chi connectivity index (χ4n) is 2.46. The van der Waals surface area contributed by atoms with Crippen molar-refractivity contribution in [3.05, 3.63) is 35.6 Å². The first kappa shape index (κ1) is 15.9. The van der Waals surface area contributed by atoms with Crippen molar-refractivity contribution >= 4 is 5.91 Å². The van der Waals surface area contributed by atoms with Crippen molar-refractivity contribution in [3.63, 3.8) is 0 Å². The number of hydrogen-bond donors (Lipinski definition) is 1. The van der Waals surface area contributed by atoms with Gasteiger partial charge in [-0.3, -0.25) is 9.69 Å². The third-order valence-corrected chi connectivity index (χ3v) is 3.76. The molecule has 0 aromatic heterocycles. The molecular formula is C16H23FN2O2. The van der Waals surface area contributed by atoms with Gasteiger partial charge in [0.1, 0.15) is 5.82 Å². The molecule has 5 heteroatoms. The highest BCUT2D eigenvalue weighted by molar-refractivity contribution is 5.78. The van der Waals surface area contributed by atoms with Gasteiger partial charge in [0.25, 0.3) is 0 Å². The van der Waals surface area contributed by atoms with E-state index in [1.807, 2.05) is 0 Å². The number of carbonyl (C=O) groups is 1. The van der Waals surface area contributed by atoms with Gasteiger partial charge in [-0.25, -0.2) is 4.39 Å². The molecule has 0 spiro atoms. The van der Waals surface area contributed by atoms with Crippen LogP contribution in [0.25, 0.3) is 0 Å². The van der Waals surface area contributed by atoms with Gasteiger partial charge in [0.2, 0.25) is 5.91 Å². The number of rotatable bonds is 7. The summed E-state index contributed by atoms with van der Waals surface area (Å²) in [7, 11) is 0. The van der Waals surface area contributed by atoms with E-state index in [1.54, 1.807) is 12.1 Å². The molecule has 1 saturated heterocycles. The largest absolute Gasteiger partial charge is 0.381 e. The van der Waals surface area contributed by atoms with E-state index in [0.717, 1.165) is 38.3 Å². The Hall–Kier alpha value is -1.46. The quantitative estimate of drug-likeness (QED) is 0.834. The summed E-state index contributed by atoms with van der Waals surface area (Å²) in [5.41, 5.74) is 0.900. The predicted molar refractivity (Wildman–Crippen MR) is 79.3 cm³/mol. The molecule has 0 aliphatic carbocycles. The third kappa shape index (κ3) is 5.44. The van der Waals surface area contributed by atoms with Gasteiger partial charge in [-0.2, -0.15) is 0 Å². The van der Waals surface area contributed by atoms with Crippen LogP contribution in [0.2, 0.25) is 0 Å². The summed E-state index contributed by atoms with van der Waals surface area (Å²) in [5, 5.41) is 2.87. The van der Waals surface area contributed by atoms with E-state index in [0.29, 0.717) is 19.0 Å². The summed E-state index contributed by atoms with van der Waals surface area (Å²) >= 11 is 0. The van der Waals surface area contributed by atoms with Gasteiger partial charge in [-0.15, -0.1) is 0 Å². The molecule has 1 N–H and O–H groups in total. The second-order valence-corrected chi connectivity index (χ2v) is 5.46. The number of nitrogens with one attached hydrogen (secondary N) is 1. The number of hydrogen-bond acceptors (Lipinski definition) is 3. The standard InChI is InChI=1S/C16H23FN2O2/c1-2-19(10-14-7-8-21-12-14)11-16(20)18-9-13-3-5-15(17)6-4-13/h3-6,14H,2,7-12H2,1H3,(H,18,20)/t14-/m1/s1. The Labute approximate surface area is 125 Å². The van der Waals surface area contributed by atoms with Crippen LogP contribution in [-0.4, -0.2) is 43.7 Å². The Bertz CT molecular complexity index is 444. The first-order valence-electron chi connectivity index (χ1n) is 7.48. The molecule has 2 rings (SSSR count). The van der Waals surface area contributed by atoms with E-state index in [-0.39, 0.29) is 11.7 Å². The molecule has 1 aromatic carbocycles. The van der Waals surface area contributed by atoms with Gasteiger partial charge >= 0.3 is 0 Å². The molecule has 4 nitrogen and oxygen atoms in total. The van der Waals surface area contributed by atoms with Crippen molar-refractivity contribution in [1.82, 2.24) is 10.2 Å². The Morgan fingerprint density at radius 2 is 2.19 bits per heavy atom. The van der Waals surface area contributed by atoms with Crippen molar-refractivity contribution in [3.8, 4) is 0 Å². The number of halogens is 1. The number of amides is 1. The van der Waals surface area contributed by atoms with Crippen LogP contribution in [0.15, 0.2) is 24.3 Å². The van der Waals surface area contributed by atoms with Gasteiger partial charge in [0.15, 0.2) is 0 Å². The maximum Gasteiger partial charge on any atom is 0.234 e. The maximum atomic E-state index is 12.8. The topological polar surface area (TPSA) is 41.6 Å². The van der Waals surface area contributed by atoms with E-state index in [2.05, 4.69) is 17.1 Å². The van der Waals surface area contributed by atoms with Crippen LogP contribution < -0.4 is 5.32 Å². The number of carbonyl (C=O) groups excluding carboxylic acids is 1. The second-order valence-electron chi connectivity index (χ2n) is 5.46. The maximum absolute atomic E-state index is 12.8. The average molecular weight is 294 g/mol. The van der Waals surface area contributed by atoms with E-state index >= 15 is 0 Å². The molecule has 0 saturated carbocycles. The minimum Gasteiger partial charge on any atom is -0.381 e. The van der Waals surface area contributed by atoms with E-state index in [4.69, 9.17) is 4.74 Å². The first-order valence-corrected chi connectivity index (χ1v) is 7.48. The third-order valence-electron chi connectivity index (χ3n) is 3.76. The molecule has 1 aliphatic heterocycles. The SMILES string of the molecule is CCN(CC(=O)NCc1ccc(F)cc1)C[C@H]1CCOC1. The fraction of sp³-hybridized carbons (Fsp3) is 0.562. The zero-order chi connectivity index (χ0) is 15.1. The van der Waals surface area contributed by atoms with Crippen LogP contribution in [0.1, 0.15) is 18.9 Å². The average Bonchev–Trinajstić information content (AvgIpc) is 2.99. The first-order chi connectivity index (χ1) is 10.2. The van der Waals surface area contributed by atoms with E-state index in [1.165, 1.54) is 12.1 Å². The van der Waals surface area contributed by atoms with E-state index in [9.17, 15) is 9.18 Å². The highest BCUT2D eigenvalue weighted by atomic mass is 19.1. The lowest BCUT2D eigenvalue weighted by molar-refractivity contribution is -0.122. The summed E-state index contributed by atoms with van der Waals surface area (Å²) in [6.07, 6.45) is 1.08. The monoisotopic (exact) mass is 294 g/mol. The molecule has 116 valence electrons. The van der Waals surface area contributed by atoms with Crippen molar-refractivity contribution in [1.29, 1.82) is 0 Å². The van der Waals surface area contributed by atoms with Gasteiger partial charge < -0.3 is 10.1 Å². The molecule has 1 aliphatic rings. The number of nitrogens with zero attached hydrogens (tertiary/aromatic N) is 1. The van der Waals surface area contributed by atoms with Crippen LogP contribution in [0, 0.1) is 11.7 Å². The summed E-state index contributed by atoms with van der Waals surface area (Å²) in [4.78, 5) is 14.1. The van der Waals surface area contributed by atoms with Crippen molar-refractivity contribution in [2.45, 2.75) is 19.9 Å². The zero-order valence-corrected chi connectivity index (χ0v) is 12.5. The summed E-state index contributed by atoms with van der Waals surface area (Å²) in [5.74, 6) is 0.274. The Morgan fingerprint density at radius 3 is 2.81 bits per heavy atom. The number of ether oxygens (including phenoxy) is 1. The molecular weight excluding hydrogens is 271 g/mol. The summed E-state index contributed by atoms with van der Waals surface area (Å²) < 4.78 is 18.2. The van der Waals surface area contributed by atoms with Crippen LogP contribution >= 0.6 is 0 Å². The van der Waals surface area contributed by atoms with Crippen molar-refractivity contribution in [2.75, 3.05) is 32.8 Å². The highest BCUT2D eigenvalue weighted by Gasteiger charge is 2.19. The summed E-state index contributed by atoms with van der Waals surface area (Å²) in [6, 6.07) is 6.17. The molecule has 0 radical (unpaired) electrons. The minimum atomic E-state index is -0.263. The smallest absolute Gasteiger partial charge is 0.234 e. The minimum absolute atomic E-state index is 0.0000836. The molecule has 1 amide bonds. The van der Waals surface area contributed by atoms with Gasteiger partial charge in [-0.1, -0.05) is 19.1 Å². The zero-order valence-electron chi connectivity index (χ0n) is 12.5.